The van der Waals surface area contributed by atoms with Crippen LogP contribution in [0.5, 0.6) is 5.75 Å². The third-order valence-electron chi connectivity index (χ3n) is 5.77. The highest BCUT2D eigenvalue weighted by atomic mass is 16.5. The first-order chi connectivity index (χ1) is 13.6. The van der Waals surface area contributed by atoms with Crippen LogP contribution in [0.1, 0.15) is 48.0 Å². The highest BCUT2D eigenvalue weighted by Crippen LogP contribution is 2.31. The highest BCUT2D eigenvalue weighted by molar-refractivity contribution is 6.05. The highest BCUT2D eigenvalue weighted by Gasteiger charge is 2.42. The second-order valence-corrected chi connectivity index (χ2v) is 7.57. The molecule has 0 aromatic heterocycles. The summed E-state index contributed by atoms with van der Waals surface area (Å²) >= 11 is 0. The fraction of sp³-hybridized carbons (Fsp3) is 0.550. The summed E-state index contributed by atoms with van der Waals surface area (Å²) in [6.45, 7) is 1.25. The van der Waals surface area contributed by atoms with Gasteiger partial charge in [-0.25, -0.2) is 0 Å². The van der Waals surface area contributed by atoms with E-state index in [0.717, 1.165) is 23.4 Å². The molecule has 3 amide bonds. The van der Waals surface area contributed by atoms with Crippen molar-refractivity contribution in [3.63, 3.8) is 0 Å². The summed E-state index contributed by atoms with van der Waals surface area (Å²) in [5.74, 6) is -0.427. The Labute approximate surface area is 163 Å². The summed E-state index contributed by atoms with van der Waals surface area (Å²) in [4.78, 5) is 39.4. The molecule has 0 saturated carbocycles. The zero-order valence-electron chi connectivity index (χ0n) is 15.7. The van der Waals surface area contributed by atoms with Crippen LogP contribution in [0.2, 0.25) is 0 Å². The zero-order chi connectivity index (χ0) is 19.7. The number of nitrogens with one attached hydrogen (secondary N) is 1. The van der Waals surface area contributed by atoms with E-state index in [1.54, 1.807) is 12.1 Å². The number of imide groups is 1. The summed E-state index contributed by atoms with van der Waals surface area (Å²) in [6, 6.07) is 5.01. The summed E-state index contributed by atoms with van der Waals surface area (Å²) in [5.41, 5.74) is 1.38. The van der Waals surface area contributed by atoms with Crippen LogP contribution in [0.15, 0.2) is 18.2 Å². The summed E-state index contributed by atoms with van der Waals surface area (Å²) < 4.78 is 5.91. The molecule has 0 radical (unpaired) electrons. The van der Waals surface area contributed by atoms with Gasteiger partial charge in [-0.1, -0.05) is 6.42 Å². The monoisotopic (exact) mass is 387 g/mol. The van der Waals surface area contributed by atoms with Crippen molar-refractivity contribution in [2.75, 3.05) is 19.9 Å². The quantitative estimate of drug-likeness (QED) is 0.719. The average molecular weight is 387 g/mol. The number of hydrogen-bond acceptors (Lipinski definition) is 6. The van der Waals surface area contributed by atoms with E-state index in [2.05, 4.69) is 5.32 Å². The molecule has 28 heavy (non-hydrogen) atoms. The van der Waals surface area contributed by atoms with Crippen molar-refractivity contribution in [3.8, 4) is 5.75 Å². The number of hydrogen-bond donors (Lipinski definition) is 2. The van der Waals surface area contributed by atoms with Crippen LogP contribution >= 0.6 is 0 Å². The number of aliphatic hydroxyl groups excluding tert-OH is 1. The smallest absolute Gasteiger partial charge is 0.255 e. The second kappa shape index (κ2) is 7.89. The van der Waals surface area contributed by atoms with E-state index in [0.29, 0.717) is 30.5 Å². The molecule has 3 aliphatic heterocycles. The SMILES string of the molecule is O=C1CCC(N2Cc3cc(OCC4CCCCN4)ccc3C2=O)C(=O)N1CO. The normalized spacial score (nSPS) is 25.2. The Morgan fingerprint density at radius 1 is 1.18 bits per heavy atom. The van der Waals surface area contributed by atoms with Gasteiger partial charge in [0, 0.05) is 24.6 Å². The van der Waals surface area contributed by atoms with E-state index in [-0.39, 0.29) is 18.7 Å². The molecular formula is C20H25N3O5. The molecule has 2 unspecified atom stereocenters. The van der Waals surface area contributed by atoms with Gasteiger partial charge >= 0.3 is 0 Å². The lowest BCUT2D eigenvalue weighted by Crippen LogP contribution is -2.54. The van der Waals surface area contributed by atoms with Crippen LogP contribution in [0.25, 0.3) is 0 Å². The molecule has 4 rings (SSSR count). The Balaban J connectivity index is 1.44. The van der Waals surface area contributed by atoms with E-state index >= 15 is 0 Å². The number of nitrogens with zero attached hydrogens (tertiary/aromatic N) is 2. The molecule has 0 aliphatic carbocycles. The van der Waals surface area contributed by atoms with Gasteiger partial charge in [-0.2, -0.15) is 0 Å². The van der Waals surface area contributed by atoms with Crippen molar-refractivity contribution < 1.29 is 24.2 Å². The Bertz CT molecular complexity index is 790. The van der Waals surface area contributed by atoms with Crippen LogP contribution in [-0.2, 0) is 16.1 Å². The Morgan fingerprint density at radius 2 is 2.04 bits per heavy atom. The lowest BCUT2D eigenvalue weighted by Gasteiger charge is -2.34. The van der Waals surface area contributed by atoms with Crippen LogP contribution < -0.4 is 10.1 Å². The van der Waals surface area contributed by atoms with Crippen molar-refractivity contribution in [1.29, 1.82) is 0 Å². The second-order valence-electron chi connectivity index (χ2n) is 7.57. The molecular weight excluding hydrogens is 362 g/mol. The maximum absolute atomic E-state index is 12.8. The van der Waals surface area contributed by atoms with Crippen LogP contribution in [-0.4, -0.2) is 64.6 Å². The first-order valence-electron chi connectivity index (χ1n) is 9.83. The van der Waals surface area contributed by atoms with Crippen LogP contribution in [0, 0.1) is 0 Å². The lowest BCUT2D eigenvalue weighted by atomic mass is 10.0. The average Bonchev–Trinajstić information content (AvgIpc) is 3.03. The minimum atomic E-state index is -0.722. The fourth-order valence-electron chi connectivity index (χ4n) is 4.18. The summed E-state index contributed by atoms with van der Waals surface area (Å²) in [7, 11) is 0. The molecule has 2 atom stereocenters. The molecule has 3 heterocycles. The lowest BCUT2D eigenvalue weighted by molar-refractivity contribution is -0.156. The first-order valence-corrected chi connectivity index (χ1v) is 9.83. The zero-order valence-corrected chi connectivity index (χ0v) is 15.7. The minimum Gasteiger partial charge on any atom is -0.492 e. The van der Waals surface area contributed by atoms with E-state index < -0.39 is 24.6 Å². The molecule has 1 aromatic carbocycles. The van der Waals surface area contributed by atoms with Crippen molar-refractivity contribution in [1.82, 2.24) is 15.1 Å². The standard InChI is InChI=1S/C20H25N3O5/c24-12-23-18(25)7-6-17(20(23)27)22-10-13-9-15(4-5-16(13)19(22)26)28-11-14-3-1-2-8-21-14/h4-5,9,14,17,21,24H,1-3,6-8,10-12H2. The molecule has 8 heteroatoms. The fourth-order valence-corrected chi connectivity index (χ4v) is 4.18. The maximum Gasteiger partial charge on any atom is 0.255 e. The van der Waals surface area contributed by atoms with E-state index in [9.17, 15) is 19.5 Å². The van der Waals surface area contributed by atoms with Crippen LogP contribution in [0.3, 0.4) is 0 Å². The number of rotatable bonds is 5. The van der Waals surface area contributed by atoms with Gasteiger partial charge in [0.1, 0.15) is 25.1 Å². The molecule has 0 spiro atoms. The Hall–Kier alpha value is -2.45. The molecule has 150 valence electrons. The van der Waals surface area contributed by atoms with Crippen molar-refractivity contribution in [2.24, 2.45) is 0 Å². The third kappa shape index (κ3) is 3.49. The Kier molecular flexibility index (Phi) is 5.32. The molecule has 2 N–H and O–H groups in total. The van der Waals surface area contributed by atoms with Gasteiger partial charge < -0.3 is 20.1 Å². The number of benzene rings is 1. The molecule has 2 fully saturated rings. The molecule has 3 aliphatic rings. The molecule has 0 bridgehead atoms. The minimum absolute atomic E-state index is 0.139. The molecule has 1 aromatic rings. The van der Waals surface area contributed by atoms with E-state index in [1.807, 2.05) is 6.07 Å². The first kappa shape index (κ1) is 18.9. The number of carbonyl (C=O) groups is 3. The largest absolute Gasteiger partial charge is 0.492 e. The topological polar surface area (TPSA) is 99.2 Å². The summed E-state index contributed by atoms with van der Waals surface area (Å²) in [6.07, 6.45) is 3.93. The van der Waals surface area contributed by atoms with Crippen molar-refractivity contribution in [2.45, 2.75) is 50.7 Å². The van der Waals surface area contributed by atoms with Gasteiger partial charge in [0.05, 0.1) is 0 Å². The number of carbonyl (C=O) groups excluding carboxylic acids is 3. The Morgan fingerprint density at radius 3 is 2.79 bits per heavy atom. The van der Waals surface area contributed by atoms with Gasteiger partial charge in [0.25, 0.3) is 11.8 Å². The summed E-state index contributed by atoms with van der Waals surface area (Å²) in [5, 5.41) is 12.7. The van der Waals surface area contributed by atoms with Gasteiger partial charge in [0.2, 0.25) is 5.91 Å². The number of aliphatic hydroxyl groups is 1. The number of fused-ring (bicyclic) bond motifs is 1. The number of ether oxygens (including phenoxy) is 1. The van der Waals surface area contributed by atoms with Gasteiger partial charge in [-0.05, 0) is 49.6 Å². The van der Waals surface area contributed by atoms with Crippen LogP contribution in [0.4, 0.5) is 0 Å². The number of piperidine rings is 2. The number of amides is 3. The van der Waals surface area contributed by atoms with Crippen molar-refractivity contribution in [3.05, 3.63) is 29.3 Å². The molecule has 8 nitrogen and oxygen atoms in total. The maximum atomic E-state index is 12.8. The molecule has 2 saturated heterocycles. The van der Waals surface area contributed by atoms with E-state index in [1.165, 1.54) is 17.7 Å². The van der Waals surface area contributed by atoms with Gasteiger partial charge in [-0.3, -0.25) is 19.3 Å². The van der Waals surface area contributed by atoms with Gasteiger partial charge in [-0.15, -0.1) is 0 Å². The van der Waals surface area contributed by atoms with E-state index in [4.69, 9.17) is 4.74 Å². The van der Waals surface area contributed by atoms with Gasteiger partial charge in [0.15, 0.2) is 0 Å². The number of likely N-dealkylation sites (tertiary alicyclic amines) is 1. The van der Waals surface area contributed by atoms with Crippen molar-refractivity contribution >= 4 is 17.7 Å². The third-order valence-corrected chi connectivity index (χ3v) is 5.77. The predicted molar refractivity (Wildman–Crippen MR) is 99.4 cm³/mol. The predicted octanol–water partition coefficient (Wildman–Crippen LogP) is 0.631.